The van der Waals surface area contributed by atoms with Gasteiger partial charge in [0.2, 0.25) is 5.91 Å². The lowest BCUT2D eigenvalue weighted by molar-refractivity contribution is -0.115. The second-order valence-corrected chi connectivity index (χ2v) is 3.04. The fourth-order valence-corrected chi connectivity index (χ4v) is 1.11. The third-order valence-electron chi connectivity index (χ3n) is 1.86. The van der Waals surface area contributed by atoms with Gasteiger partial charge in [0.15, 0.2) is 0 Å². The third-order valence-corrected chi connectivity index (χ3v) is 1.86. The number of hydrogen-bond donors (Lipinski definition) is 2. The van der Waals surface area contributed by atoms with Crippen LogP contribution in [-0.2, 0) is 4.79 Å². The Balaban J connectivity index is 2.66. The number of anilines is 2. The van der Waals surface area contributed by atoms with Crippen molar-refractivity contribution in [1.82, 2.24) is 0 Å². The first kappa shape index (κ1) is 11.1. The first-order valence-corrected chi connectivity index (χ1v) is 4.83. The Morgan fingerprint density at radius 2 is 2.20 bits per heavy atom. The highest BCUT2D eigenvalue weighted by Gasteiger charge is 1.99. The van der Waals surface area contributed by atoms with Crippen LogP contribution in [0.1, 0.15) is 13.3 Å². The zero-order valence-corrected chi connectivity index (χ0v) is 8.71. The van der Waals surface area contributed by atoms with Gasteiger partial charge >= 0.3 is 0 Å². The van der Waals surface area contributed by atoms with E-state index in [2.05, 4.69) is 16.6 Å². The number of carbonyl (C=O) groups excluding carboxylic acids is 1. The average Bonchev–Trinajstić information content (AvgIpc) is 2.26. The molecule has 1 rings (SSSR count). The number of amides is 1. The summed E-state index contributed by atoms with van der Waals surface area (Å²) < 4.78 is 0. The van der Waals surface area contributed by atoms with Gasteiger partial charge in [0.05, 0.1) is 6.54 Å². The van der Waals surface area contributed by atoms with Crippen molar-refractivity contribution in [3.8, 4) is 12.3 Å². The van der Waals surface area contributed by atoms with Crippen molar-refractivity contribution in [1.29, 1.82) is 0 Å². The largest absolute Gasteiger partial charge is 0.374 e. The molecule has 0 aromatic heterocycles. The minimum Gasteiger partial charge on any atom is -0.374 e. The average molecular weight is 202 g/mol. The van der Waals surface area contributed by atoms with E-state index >= 15 is 0 Å². The van der Waals surface area contributed by atoms with Crippen LogP contribution in [0.25, 0.3) is 0 Å². The molecule has 78 valence electrons. The molecule has 1 amide bonds. The van der Waals surface area contributed by atoms with Crippen molar-refractivity contribution in [2.45, 2.75) is 13.3 Å². The molecule has 0 aliphatic rings. The molecule has 0 aliphatic heterocycles. The number of hydrogen-bond acceptors (Lipinski definition) is 2. The molecule has 3 nitrogen and oxygen atoms in total. The number of rotatable bonds is 4. The normalized spacial score (nSPS) is 9.07. The molecule has 0 saturated carbocycles. The van der Waals surface area contributed by atoms with Gasteiger partial charge in [0.25, 0.3) is 0 Å². The summed E-state index contributed by atoms with van der Waals surface area (Å²) in [6.07, 6.45) is 5.61. The summed E-state index contributed by atoms with van der Waals surface area (Å²) in [7, 11) is 0. The lowest BCUT2D eigenvalue weighted by Gasteiger charge is -2.06. The van der Waals surface area contributed by atoms with E-state index in [0.29, 0.717) is 13.0 Å². The van der Waals surface area contributed by atoms with Crippen molar-refractivity contribution < 1.29 is 4.79 Å². The predicted octanol–water partition coefficient (Wildman–Crippen LogP) is 2.08. The monoisotopic (exact) mass is 202 g/mol. The summed E-state index contributed by atoms with van der Waals surface area (Å²) >= 11 is 0. The van der Waals surface area contributed by atoms with Crippen molar-refractivity contribution in [2.75, 3.05) is 17.2 Å². The molecule has 2 N–H and O–H groups in total. The summed E-state index contributed by atoms with van der Waals surface area (Å²) in [5, 5.41) is 5.82. The minimum atomic E-state index is 0.00380. The molecule has 0 atom stereocenters. The first-order chi connectivity index (χ1) is 7.26. The van der Waals surface area contributed by atoms with Crippen molar-refractivity contribution in [2.24, 2.45) is 0 Å². The van der Waals surface area contributed by atoms with Crippen LogP contribution >= 0.6 is 0 Å². The zero-order chi connectivity index (χ0) is 11.1. The highest BCUT2D eigenvalue weighted by molar-refractivity contribution is 5.90. The lowest BCUT2D eigenvalue weighted by atomic mass is 10.2. The van der Waals surface area contributed by atoms with Gasteiger partial charge < -0.3 is 10.6 Å². The number of benzene rings is 1. The van der Waals surface area contributed by atoms with Gasteiger partial charge in [-0.3, -0.25) is 4.79 Å². The van der Waals surface area contributed by atoms with Crippen LogP contribution in [-0.4, -0.2) is 12.5 Å². The summed E-state index contributed by atoms with van der Waals surface area (Å²) in [6, 6.07) is 7.46. The van der Waals surface area contributed by atoms with Crippen LogP contribution in [0.5, 0.6) is 0 Å². The van der Waals surface area contributed by atoms with Gasteiger partial charge in [-0.25, -0.2) is 0 Å². The van der Waals surface area contributed by atoms with Crippen LogP contribution < -0.4 is 10.6 Å². The Morgan fingerprint density at radius 3 is 2.87 bits per heavy atom. The number of nitrogens with one attached hydrogen (secondary N) is 2. The van der Waals surface area contributed by atoms with Gasteiger partial charge in [-0.2, -0.15) is 0 Å². The topological polar surface area (TPSA) is 41.1 Å². The Kier molecular flexibility index (Phi) is 4.24. The molecular weight excluding hydrogens is 188 g/mol. The maximum atomic E-state index is 11.1. The smallest absolute Gasteiger partial charge is 0.224 e. The zero-order valence-electron chi connectivity index (χ0n) is 8.71. The number of carbonyl (C=O) groups is 1. The van der Waals surface area contributed by atoms with E-state index in [9.17, 15) is 4.79 Å². The molecule has 1 aromatic carbocycles. The van der Waals surface area contributed by atoms with Gasteiger partial charge in [0, 0.05) is 17.8 Å². The molecule has 0 aliphatic carbocycles. The van der Waals surface area contributed by atoms with Crippen LogP contribution in [0, 0.1) is 12.3 Å². The minimum absolute atomic E-state index is 0.00380. The molecule has 0 fully saturated rings. The summed E-state index contributed by atoms with van der Waals surface area (Å²) in [5.74, 6) is 2.49. The van der Waals surface area contributed by atoms with E-state index in [1.54, 1.807) is 0 Å². The van der Waals surface area contributed by atoms with Crippen LogP contribution in [0.2, 0.25) is 0 Å². The van der Waals surface area contributed by atoms with E-state index in [1.165, 1.54) is 0 Å². The fraction of sp³-hybridized carbons (Fsp3) is 0.250. The molecule has 15 heavy (non-hydrogen) atoms. The SMILES string of the molecule is C#CCNc1cccc(NC(=O)CC)c1. The number of terminal acetylenes is 1. The lowest BCUT2D eigenvalue weighted by Crippen LogP contribution is -2.09. The van der Waals surface area contributed by atoms with Crippen molar-refractivity contribution >= 4 is 17.3 Å². The third kappa shape index (κ3) is 3.74. The van der Waals surface area contributed by atoms with Gasteiger partial charge in [-0.1, -0.05) is 18.9 Å². The Labute approximate surface area is 89.9 Å². The molecule has 0 unspecified atom stereocenters. The van der Waals surface area contributed by atoms with Crippen LogP contribution in [0.15, 0.2) is 24.3 Å². The Morgan fingerprint density at radius 1 is 1.47 bits per heavy atom. The quantitative estimate of drug-likeness (QED) is 0.734. The highest BCUT2D eigenvalue weighted by Crippen LogP contribution is 2.14. The van der Waals surface area contributed by atoms with E-state index < -0.39 is 0 Å². The predicted molar refractivity (Wildman–Crippen MR) is 62.7 cm³/mol. The van der Waals surface area contributed by atoms with Gasteiger partial charge in [0.1, 0.15) is 0 Å². The summed E-state index contributed by atoms with van der Waals surface area (Å²) in [6.45, 7) is 2.29. The standard InChI is InChI=1S/C12H14N2O/c1-3-8-13-10-6-5-7-11(9-10)14-12(15)4-2/h1,5-7,9,13H,4,8H2,2H3,(H,14,15). The van der Waals surface area contributed by atoms with Crippen LogP contribution in [0.3, 0.4) is 0 Å². The van der Waals surface area contributed by atoms with E-state index in [0.717, 1.165) is 11.4 Å². The highest BCUT2D eigenvalue weighted by atomic mass is 16.1. The van der Waals surface area contributed by atoms with Gasteiger partial charge in [-0.15, -0.1) is 6.42 Å². The molecule has 0 heterocycles. The summed E-state index contributed by atoms with van der Waals surface area (Å²) in [5.41, 5.74) is 1.69. The van der Waals surface area contributed by atoms with Crippen LogP contribution in [0.4, 0.5) is 11.4 Å². The van der Waals surface area contributed by atoms with E-state index in [1.807, 2.05) is 31.2 Å². The Bertz CT molecular complexity index is 379. The molecule has 0 radical (unpaired) electrons. The molecule has 3 heteroatoms. The first-order valence-electron chi connectivity index (χ1n) is 4.83. The molecule has 0 spiro atoms. The maximum Gasteiger partial charge on any atom is 0.224 e. The second kappa shape index (κ2) is 5.71. The molecule has 0 saturated heterocycles. The van der Waals surface area contributed by atoms with Crippen molar-refractivity contribution in [3.63, 3.8) is 0 Å². The fourth-order valence-electron chi connectivity index (χ4n) is 1.11. The summed E-state index contributed by atoms with van der Waals surface area (Å²) in [4.78, 5) is 11.1. The molecule has 1 aromatic rings. The van der Waals surface area contributed by atoms with E-state index in [-0.39, 0.29) is 5.91 Å². The molecule has 0 bridgehead atoms. The Hall–Kier alpha value is -1.95. The van der Waals surface area contributed by atoms with E-state index in [4.69, 9.17) is 6.42 Å². The van der Waals surface area contributed by atoms with Crippen molar-refractivity contribution in [3.05, 3.63) is 24.3 Å². The maximum absolute atomic E-state index is 11.1. The molecular formula is C12H14N2O. The van der Waals surface area contributed by atoms with Gasteiger partial charge in [-0.05, 0) is 18.2 Å². The second-order valence-electron chi connectivity index (χ2n) is 3.04.